The van der Waals surface area contributed by atoms with Crippen LogP contribution in [0.15, 0.2) is 35.4 Å². The normalized spacial score (nSPS) is 11.4. The summed E-state index contributed by atoms with van der Waals surface area (Å²) in [7, 11) is 8.88. The number of hydrogen-bond acceptors (Lipinski definition) is 10. The van der Waals surface area contributed by atoms with Crippen LogP contribution in [0.2, 0.25) is 0 Å². The van der Waals surface area contributed by atoms with Crippen LogP contribution in [-0.4, -0.2) is 67.8 Å². The van der Waals surface area contributed by atoms with Crippen molar-refractivity contribution in [1.82, 2.24) is 0 Å². The Kier molecular flexibility index (Phi) is 11.3. The first-order valence-electron chi connectivity index (χ1n) is 11.7. The third-order valence-electron chi connectivity index (χ3n) is 5.28. The highest BCUT2D eigenvalue weighted by Gasteiger charge is 2.25. The Labute approximate surface area is 222 Å². The van der Waals surface area contributed by atoms with Gasteiger partial charge < -0.3 is 37.9 Å². The smallest absolute Gasteiger partial charge is 0.339 e. The van der Waals surface area contributed by atoms with Crippen molar-refractivity contribution in [3.63, 3.8) is 0 Å². The molecule has 0 spiro atoms. The summed E-state index contributed by atoms with van der Waals surface area (Å²) in [5.74, 6) is 0.772. The van der Waals surface area contributed by atoms with Gasteiger partial charge in [-0.05, 0) is 61.4 Å². The largest absolute Gasteiger partial charge is 0.493 e. The zero-order chi connectivity index (χ0) is 28.2. The summed E-state index contributed by atoms with van der Waals surface area (Å²) >= 11 is 0. The molecule has 0 aliphatic rings. The minimum Gasteiger partial charge on any atom is -0.493 e. The monoisotopic (exact) mass is 530 g/mol. The molecule has 0 heterocycles. The van der Waals surface area contributed by atoms with Gasteiger partial charge in [0.2, 0.25) is 11.5 Å². The molecular formula is C28H34O10. The second-order valence-corrected chi connectivity index (χ2v) is 7.47. The maximum Gasteiger partial charge on any atom is 0.339 e. The molecular weight excluding hydrogens is 496 g/mol. The molecule has 0 unspecified atom stereocenters. The van der Waals surface area contributed by atoms with Crippen LogP contribution in [0.1, 0.15) is 25.0 Å². The molecule has 38 heavy (non-hydrogen) atoms. The topological polar surface area (TPSA) is 108 Å². The van der Waals surface area contributed by atoms with Crippen LogP contribution < -0.4 is 28.4 Å². The van der Waals surface area contributed by atoms with Gasteiger partial charge in [0, 0.05) is 0 Å². The molecule has 2 aromatic rings. The summed E-state index contributed by atoms with van der Waals surface area (Å²) in [6, 6.07) is 6.57. The van der Waals surface area contributed by atoms with E-state index in [-0.39, 0.29) is 24.4 Å². The van der Waals surface area contributed by atoms with Gasteiger partial charge in [-0.25, -0.2) is 9.59 Å². The summed E-state index contributed by atoms with van der Waals surface area (Å²) in [4.78, 5) is 26.3. The van der Waals surface area contributed by atoms with Crippen LogP contribution in [-0.2, 0) is 19.1 Å². The Morgan fingerprint density at radius 2 is 0.842 bits per heavy atom. The summed E-state index contributed by atoms with van der Waals surface area (Å²) in [5.41, 5.74) is 0.881. The van der Waals surface area contributed by atoms with Gasteiger partial charge in [0.1, 0.15) is 0 Å². The maximum absolute atomic E-state index is 13.2. The zero-order valence-corrected chi connectivity index (χ0v) is 23.0. The van der Waals surface area contributed by atoms with Crippen molar-refractivity contribution in [2.45, 2.75) is 13.8 Å². The van der Waals surface area contributed by atoms with Gasteiger partial charge in [-0.1, -0.05) is 0 Å². The quantitative estimate of drug-likeness (QED) is 0.211. The number of esters is 2. The highest BCUT2D eigenvalue weighted by Crippen LogP contribution is 2.40. The molecule has 0 radical (unpaired) electrons. The van der Waals surface area contributed by atoms with E-state index in [1.54, 1.807) is 38.1 Å². The molecule has 0 atom stereocenters. The fourth-order valence-electron chi connectivity index (χ4n) is 3.61. The molecule has 0 bridgehead atoms. The molecule has 206 valence electrons. The first-order chi connectivity index (χ1) is 18.3. The molecule has 0 amide bonds. The van der Waals surface area contributed by atoms with Crippen LogP contribution in [0.25, 0.3) is 12.2 Å². The van der Waals surface area contributed by atoms with Crippen molar-refractivity contribution < 1.29 is 47.5 Å². The van der Waals surface area contributed by atoms with Crippen molar-refractivity contribution in [2.24, 2.45) is 0 Å². The number of ether oxygens (including phenoxy) is 8. The summed E-state index contributed by atoms with van der Waals surface area (Å²) < 4.78 is 43.1. The van der Waals surface area contributed by atoms with Gasteiger partial charge in [0.25, 0.3) is 0 Å². The highest BCUT2D eigenvalue weighted by atomic mass is 16.5. The molecule has 2 rings (SSSR count). The lowest BCUT2D eigenvalue weighted by Gasteiger charge is -2.15. The minimum atomic E-state index is -0.729. The van der Waals surface area contributed by atoms with E-state index in [1.165, 1.54) is 54.8 Å². The predicted molar refractivity (Wildman–Crippen MR) is 141 cm³/mol. The number of rotatable bonds is 13. The van der Waals surface area contributed by atoms with E-state index in [1.807, 2.05) is 0 Å². The third kappa shape index (κ3) is 6.90. The lowest BCUT2D eigenvalue weighted by atomic mass is 9.99. The second-order valence-electron chi connectivity index (χ2n) is 7.47. The van der Waals surface area contributed by atoms with E-state index in [4.69, 9.17) is 37.9 Å². The second kappa shape index (κ2) is 14.4. The fraction of sp³-hybridized carbons (Fsp3) is 0.357. The SMILES string of the molecule is CCOC(=O)C(=C\c1cc(OC)c(OC)c(OC)c1)/C(=C/c1cc(OC)c(OC)c(OC)c1)C(=O)OCC. The van der Waals surface area contributed by atoms with Crippen molar-refractivity contribution in [3.8, 4) is 34.5 Å². The molecule has 0 aliphatic carbocycles. The molecule has 0 fully saturated rings. The van der Waals surface area contributed by atoms with Crippen LogP contribution in [0.5, 0.6) is 34.5 Å². The molecule has 0 saturated carbocycles. The first kappa shape index (κ1) is 29.9. The van der Waals surface area contributed by atoms with Gasteiger partial charge in [0.15, 0.2) is 23.0 Å². The lowest BCUT2D eigenvalue weighted by Crippen LogP contribution is -2.17. The van der Waals surface area contributed by atoms with E-state index >= 15 is 0 Å². The average Bonchev–Trinajstić information content (AvgIpc) is 2.93. The lowest BCUT2D eigenvalue weighted by molar-refractivity contribution is -0.141. The van der Waals surface area contributed by atoms with Crippen LogP contribution in [0.3, 0.4) is 0 Å². The van der Waals surface area contributed by atoms with Crippen molar-refractivity contribution >= 4 is 24.1 Å². The Morgan fingerprint density at radius 3 is 1.05 bits per heavy atom. The number of hydrogen-bond donors (Lipinski definition) is 0. The first-order valence-corrected chi connectivity index (χ1v) is 11.7. The number of carbonyl (C=O) groups excluding carboxylic acids is 2. The van der Waals surface area contributed by atoms with Crippen LogP contribution in [0.4, 0.5) is 0 Å². The molecule has 0 aromatic heterocycles. The summed E-state index contributed by atoms with van der Waals surface area (Å²) in [5, 5.41) is 0. The number of methoxy groups -OCH3 is 6. The molecule has 2 aromatic carbocycles. The zero-order valence-electron chi connectivity index (χ0n) is 23.0. The standard InChI is InChI=1S/C28H34O10/c1-9-37-27(29)19(11-17-13-21(31-3)25(35-7)22(14-17)32-4)20(28(30)38-10-2)12-18-15-23(33-5)26(36-8)24(16-18)34-6/h11-16H,9-10H2,1-8H3/b19-11-,20-12-. The number of carbonyl (C=O) groups is 2. The van der Waals surface area contributed by atoms with Crippen LogP contribution >= 0.6 is 0 Å². The van der Waals surface area contributed by atoms with Gasteiger partial charge in [0.05, 0.1) is 67.0 Å². The fourth-order valence-corrected chi connectivity index (χ4v) is 3.61. The van der Waals surface area contributed by atoms with E-state index < -0.39 is 11.9 Å². The van der Waals surface area contributed by atoms with Gasteiger partial charge >= 0.3 is 11.9 Å². The summed E-state index contributed by atoms with van der Waals surface area (Å²) in [6.07, 6.45) is 2.98. The van der Waals surface area contributed by atoms with Gasteiger partial charge in [-0.15, -0.1) is 0 Å². The molecule has 10 nitrogen and oxygen atoms in total. The van der Waals surface area contributed by atoms with Crippen LogP contribution in [0, 0.1) is 0 Å². The Bertz CT molecular complexity index is 1050. The van der Waals surface area contributed by atoms with E-state index in [0.717, 1.165) is 0 Å². The molecule has 0 N–H and O–H groups in total. The Morgan fingerprint density at radius 1 is 0.553 bits per heavy atom. The number of benzene rings is 2. The van der Waals surface area contributed by atoms with Gasteiger partial charge in [-0.2, -0.15) is 0 Å². The van der Waals surface area contributed by atoms with Crippen molar-refractivity contribution in [3.05, 3.63) is 46.5 Å². The van der Waals surface area contributed by atoms with Crippen molar-refractivity contribution in [2.75, 3.05) is 55.9 Å². The van der Waals surface area contributed by atoms with E-state index in [9.17, 15) is 9.59 Å². The van der Waals surface area contributed by atoms with E-state index in [2.05, 4.69) is 0 Å². The van der Waals surface area contributed by atoms with E-state index in [0.29, 0.717) is 45.6 Å². The molecule has 0 aliphatic heterocycles. The average molecular weight is 531 g/mol. The van der Waals surface area contributed by atoms with Gasteiger partial charge in [-0.3, -0.25) is 0 Å². The Hall–Kier alpha value is -4.34. The Balaban J connectivity index is 2.87. The maximum atomic E-state index is 13.2. The predicted octanol–water partition coefficient (Wildman–Crippen LogP) is 4.33. The molecule has 10 heteroatoms. The summed E-state index contributed by atoms with van der Waals surface area (Å²) in [6.45, 7) is 3.52. The third-order valence-corrected chi connectivity index (χ3v) is 5.28. The highest BCUT2D eigenvalue weighted by molar-refractivity contribution is 6.12. The minimum absolute atomic E-state index is 0.0478. The molecule has 0 saturated heterocycles. The van der Waals surface area contributed by atoms with Crippen molar-refractivity contribution in [1.29, 1.82) is 0 Å².